The van der Waals surface area contributed by atoms with Crippen LogP contribution in [0.4, 0.5) is 0 Å². The van der Waals surface area contributed by atoms with Crippen molar-refractivity contribution in [2.75, 3.05) is 5.33 Å². The van der Waals surface area contributed by atoms with E-state index in [1.54, 1.807) is 0 Å². The van der Waals surface area contributed by atoms with Crippen LogP contribution in [0, 0.1) is 12.8 Å². The molecule has 0 saturated heterocycles. The maximum absolute atomic E-state index is 11.7. The lowest BCUT2D eigenvalue weighted by Crippen LogP contribution is -2.15. The van der Waals surface area contributed by atoms with Gasteiger partial charge in [0.25, 0.3) is 0 Å². The van der Waals surface area contributed by atoms with E-state index >= 15 is 0 Å². The molecule has 1 aromatic carbocycles. The molecule has 1 atom stereocenters. The van der Waals surface area contributed by atoms with E-state index in [0.29, 0.717) is 11.8 Å². The molecule has 1 unspecified atom stereocenters. The van der Waals surface area contributed by atoms with Gasteiger partial charge in [-0.25, -0.2) is 0 Å². The Balaban J connectivity index is 2.78. The van der Waals surface area contributed by atoms with Crippen molar-refractivity contribution in [2.45, 2.75) is 6.42 Å². The predicted octanol–water partition coefficient (Wildman–Crippen LogP) is 3.10. The highest BCUT2D eigenvalue weighted by Gasteiger charge is 2.15. The van der Waals surface area contributed by atoms with Crippen LogP contribution >= 0.6 is 15.9 Å². The van der Waals surface area contributed by atoms with E-state index in [1.807, 2.05) is 30.3 Å². The Bertz CT molecular complexity index is 265. The third-order valence-corrected chi connectivity index (χ3v) is 2.75. The number of hydrogen-bond acceptors (Lipinski definition) is 1. The summed E-state index contributed by atoms with van der Waals surface area (Å²) in [6.45, 7) is 3.75. The number of hydrogen-bond donors (Lipinski definition) is 0. The number of alkyl halides is 1. The fraction of sp³-hybridized carbons (Fsp3) is 0.273. The number of rotatable bonds is 4. The first-order valence-electron chi connectivity index (χ1n) is 4.24. The van der Waals surface area contributed by atoms with Gasteiger partial charge in [-0.05, 0) is 6.42 Å². The zero-order valence-electron chi connectivity index (χ0n) is 7.37. The highest BCUT2D eigenvalue weighted by molar-refractivity contribution is 9.09. The molecule has 0 amide bonds. The molecule has 0 fully saturated rings. The molecule has 1 aromatic rings. The van der Waals surface area contributed by atoms with Crippen molar-refractivity contribution in [2.24, 2.45) is 5.92 Å². The third kappa shape index (κ3) is 2.66. The van der Waals surface area contributed by atoms with Crippen molar-refractivity contribution in [3.63, 3.8) is 0 Å². The predicted molar refractivity (Wildman–Crippen MR) is 58.0 cm³/mol. The van der Waals surface area contributed by atoms with Crippen LogP contribution in [-0.4, -0.2) is 11.1 Å². The van der Waals surface area contributed by atoms with E-state index in [-0.39, 0.29) is 11.7 Å². The summed E-state index contributed by atoms with van der Waals surface area (Å²) in [5.74, 6) is 0.176. The summed E-state index contributed by atoms with van der Waals surface area (Å²) in [5.41, 5.74) is 0.774. The molecule has 1 nitrogen and oxygen atoms in total. The molecule has 0 spiro atoms. The number of Topliss-reactive ketones (excluding diaryl/α,β-unsaturated/α-hetero) is 1. The van der Waals surface area contributed by atoms with Crippen molar-refractivity contribution in [3.8, 4) is 0 Å². The molecule has 0 aliphatic rings. The fourth-order valence-corrected chi connectivity index (χ4v) is 1.73. The maximum Gasteiger partial charge on any atom is 0.166 e. The van der Waals surface area contributed by atoms with Crippen molar-refractivity contribution < 1.29 is 4.79 Å². The Kier molecular flexibility index (Phi) is 4.16. The highest BCUT2D eigenvalue weighted by Crippen LogP contribution is 2.14. The summed E-state index contributed by atoms with van der Waals surface area (Å²) in [6.07, 6.45) is 0.638. The summed E-state index contributed by atoms with van der Waals surface area (Å²) in [5, 5.41) is 0.685. The molecule has 0 N–H and O–H groups in total. The fourth-order valence-electron chi connectivity index (χ4n) is 1.12. The SMILES string of the molecule is [CH2]CC(CBr)C(=O)c1ccccc1. The van der Waals surface area contributed by atoms with Gasteiger partial charge in [0.2, 0.25) is 0 Å². The second-order valence-electron chi connectivity index (χ2n) is 2.87. The van der Waals surface area contributed by atoms with Crippen LogP contribution in [-0.2, 0) is 0 Å². The lowest BCUT2D eigenvalue weighted by molar-refractivity contribution is 0.0934. The van der Waals surface area contributed by atoms with Crippen LogP contribution < -0.4 is 0 Å². The van der Waals surface area contributed by atoms with Crippen LogP contribution in [0.15, 0.2) is 30.3 Å². The first-order chi connectivity index (χ1) is 6.29. The van der Waals surface area contributed by atoms with Crippen molar-refractivity contribution in [1.82, 2.24) is 0 Å². The lowest BCUT2D eigenvalue weighted by atomic mass is 9.97. The molecule has 0 aliphatic carbocycles. The molecule has 0 heterocycles. The minimum atomic E-state index is 0.00222. The molecular formula is C11H12BrO. The van der Waals surface area contributed by atoms with Crippen molar-refractivity contribution >= 4 is 21.7 Å². The summed E-state index contributed by atoms with van der Waals surface area (Å²) in [7, 11) is 0. The van der Waals surface area contributed by atoms with Gasteiger partial charge in [-0.2, -0.15) is 0 Å². The summed E-state index contributed by atoms with van der Waals surface area (Å²) in [6, 6.07) is 9.34. The van der Waals surface area contributed by atoms with Gasteiger partial charge in [0.05, 0.1) is 0 Å². The Hall–Kier alpha value is -0.630. The van der Waals surface area contributed by atoms with Crippen molar-refractivity contribution in [1.29, 1.82) is 0 Å². The molecular weight excluding hydrogens is 228 g/mol. The van der Waals surface area contributed by atoms with Crippen LogP contribution in [0.25, 0.3) is 0 Å². The topological polar surface area (TPSA) is 17.1 Å². The van der Waals surface area contributed by atoms with Gasteiger partial charge >= 0.3 is 0 Å². The Morgan fingerprint density at radius 1 is 1.38 bits per heavy atom. The van der Waals surface area contributed by atoms with E-state index in [1.165, 1.54) is 0 Å². The van der Waals surface area contributed by atoms with Crippen LogP contribution in [0.2, 0.25) is 0 Å². The molecule has 0 aromatic heterocycles. The number of benzene rings is 1. The van der Waals surface area contributed by atoms with Crippen LogP contribution in [0.1, 0.15) is 16.8 Å². The van der Waals surface area contributed by atoms with E-state index in [2.05, 4.69) is 22.9 Å². The van der Waals surface area contributed by atoms with Gasteiger partial charge in [0.1, 0.15) is 0 Å². The average Bonchev–Trinajstić information content (AvgIpc) is 2.21. The summed E-state index contributed by atoms with van der Waals surface area (Å²) < 4.78 is 0. The maximum atomic E-state index is 11.7. The first-order valence-corrected chi connectivity index (χ1v) is 5.36. The number of carbonyl (C=O) groups excluding carboxylic acids is 1. The van der Waals surface area contributed by atoms with Crippen molar-refractivity contribution in [3.05, 3.63) is 42.8 Å². The quantitative estimate of drug-likeness (QED) is 0.583. The smallest absolute Gasteiger partial charge is 0.166 e. The minimum absolute atomic E-state index is 0.00222. The summed E-state index contributed by atoms with van der Waals surface area (Å²) in [4.78, 5) is 11.7. The monoisotopic (exact) mass is 239 g/mol. The summed E-state index contributed by atoms with van der Waals surface area (Å²) >= 11 is 3.31. The molecule has 2 heteroatoms. The van der Waals surface area contributed by atoms with Gasteiger partial charge in [-0.3, -0.25) is 4.79 Å². The van der Waals surface area contributed by atoms with E-state index in [0.717, 1.165) is 5.56 Å². The Labute approximate surface area is 87.3 Å². The van der Waals surface area contributed by atoms with Gasteiger partial charge in [0.15, 0.2) is 5.78 Å². The second-order valence-corrected chi connectivity index (χ2v) is 3.52. The normalized spacial score (nSPS) is 12.5. The highest BCUT2D eigenvalue weighted by atomic mass is 79.9. The van der Waals surface area contributed by atoms with E-state index in [9.17, 15) is 4.79 Å². The van der Waals surface area contributed by atoms with Gasteiger partial charge in [0, 0.05) is 16.8 Å². The largest absolute Gasteiger partial charge is 0.294 e. The van der Waals surface area contributed by atoms with E-state index < -0.39 is 0 Å². The first kappa shape index (κ1) is 10.5. The van der Waals surface area contributed by atoms with Gasteiger partial charge in [-0.15, -0.1) is 0 Å². The molecule has 1 radical (unpaired) electrons. The lowest BCUT2D eigenvalue weighted by Gasteiger charge is -2.09. The van der Waals surface area contributed by atoms with Gasteiger partial charge in [-0.1, -0.05) is 53.2 Å². The molecule has 0 aliphatic heterocycles. The molecule has 13 heavy (non-hydrogen) atoms. The third-order valence-electron chi connectivity index (χ3n) is 1.96. The molecule has 69 valence electrons. The average molecular weight is 240 g/mol. The molecule has 0 bridgehead atoms. The van der Waals surface area contributed by atoms with Gasteiger partial charge < -0.3 is 0 Å². The zero-order valence-corrected chi connectivity index (χ0v) is 8.96. The zero-order chi connectivity index (χ0) is 9.68. The standard InChI is InChI=1S/C11H12BrO/c1-2-9(8-12)11(13)10-6-4-3-5-7-10/h3-7,9H,1-2,8H2. The molecule has 0 saturated carbocycles. The van der Waals surface area contributed by atoms with Crippen LogP contribution in [0.3, 0.4) is 0 Å². The molecule has 1 rings (SSSR count). The Morgan fingerprint density at radius 2 is 2.00 bits per heavy atom. The van der Waals surface area contributed by atoms with E-state index in [4.69, 9.17) is 0 Å². The second kappa shape index (κ2) is 5.18. The Morgan fingerprint density at radius 3 is 2.46 bits per heavy atom. The number of carbonyl (C=O) groups is 1. The van der Waals surface area contributed by atoms with Crippen LogP contribution in [0.5, 0.6) is 0 Å². The minimum Gasteiger partial charge on any atom is -0.294 e. The number of ketones is 1. The number of halogens is 1.